The summed E-state index contributed by atoms with van der Waals surface area (Å²) in [6, 6.07) is 6.35. The molecule has 1 aromatic carbocycles. The zero-order valence-electron chi connectivity index (χ0n) is 12.4. The van der Waals surface area contributed by atoms with Crippen LogP contribution < -0.4 is 5.32 Å². The second kappa shape index (κ2) is 7.11. The minimum atomic E-state index is -0.643. The molecule has 5 heteroatoms. The summed E-state index contributed by atoms with van der Waals surface area (Å²) in [4.78, 5) is 4.53. The van der Waals surface area contributed by atoms with Gasteiger partial charge in [-0.1, -0.05) is 13.8 Å². The third kappa shape index (κ3) is 4.33. The monoisotopic (exact) mass is 308 g/mol. The second-order valence-electron chi connectivity index (χ2n) is 5.19. The van der Waals surface area contributed by atoms with Gasteiger partial charge in [0, 0.05) is 24.0 Å². The molecular formula is C16H21FN2OS. The van der Waals surface area contributed by atoms with Gasteiger partial charge in [0.25, 0.3) is 0 Å². The molecule has 0 spiro atoms. The lowest BCUT2D eigenvalue weighted by Gasteiger charge is -2.25. The van der Waals surface area contributed by atoms with Crippen molar-refractivity contribution in [2.24, 2.45) is 0 Å². The third-order valence-electron chi connectivity index (χ3n) is 3.72. The fraction of sp³-hybridized carbons (Fsp3) is 0.438. The van der Waals surface area contributed by atoms with Gasteiger partial charge in [-0.25, -0.2) is 9.37 Å². The summed E-state index contributed by atoms with van der Waals surface area (Å²) >= 11 is 1.54. The second-order valence-corrected chi connectivity index (χ2v) is 6.04. The molecule has 2 rings (SSSR count). The molecule has 0 unspecified atom stereocenters. The van der Waals surface area contributed by atoms with Gasteiger partial charge in [0.15, 0.2) is 0 Å². The Morgan fingerprint density at radius 1 is 1.24 bits per heavy atom. The molecule has 2 N–H and O–H groups in total. The van der Waals surface area contributed by atoms with Crippen molar-refractivity contribution < 1.29 is 9.50 Å². The van der Waals surface area contributed by atoms with E-state index in [1.54, 1.807) is 23.5 Å². The number of benzene rings is 1. The van der Waals surface area contributed by atoms with E-state index in [0.29, 0.717) is 13.1 Å². The highest BCUT2D eigenvalue weighted by atomic mass is 32.1. The van der Waals surface area contributed by atoms with Gasteiger partial charge in [0.1, 0.15) is 10.8 Å². The Hall–Kier alpha value is -1.30. The molecule has 0 atom stereocenters. The fourth-order valence-electron chi connectivity index (χ4n) is 2.04. The van der Waals surface area contributed by atoms with Crippen LogP contribution in [0.2, 0.25) is 0 Å². The molecular weight excluding hydrogens is 287 g/mol. The molecule has 3 nitrogen and oxygen atoms in total. The Bertz CT molecular complexity index is 564. The van der Waals surface area contributed by atoms with E-state index in [2.05, 4.69) is 10.3 Å². The van der Waals surface area contributed by atoms with Crippen molar-refractivity contribution in [2.45, 2.75) is 38.8 Å². The average molecular weight is 308 g/mol. The summed E-state index contributed by atoms with van der Waals surface area (Å²) in [5.41, 5.74) is 1.22. The van der Waals surface area contributed by atoms with Crippen molar-refractivity contribution in [3.8, 4) is 10.6 Å². The summed E-state index contributed by atoms with van der Waals surface area (Å²) in [6.45, 7) is 5.16. The lowest BCUT2D eigenvalue weighted by molar-refractivity contribution is 0.0322. The molecule has 1 aromatic heterocycles. The van der Waals surface area contributed by atoms with Gasteiger partial charge in [-0.2, -0.15) is 0 Å². The predicted molar refractivity (Wildman–Crippen MR) is 84.7 cm³/mol. The largest absolute Gasteiger partial charge is 0.389 e. The van der Waals surface area contributed by atoms with Crippen LogP contribution in [0.4, 0.5) is 4.39 Å². The van der Waals surface area contributed by atoms with Gasteiger partial charge in [0.2, 0.25) is 0 Å². The minimum absolute atomic E-state index is 0.240. The Balaban J connectivity index is 1.93. The zero-order valence-corrected chi connectivity index (χ0v) is 13.2. The summed E-state index contributed by atoms with van der Waals surface area (Å²) in [5, 5.41) is 16.3. The number of nitrogens with zero attached hydrogens (tertiary/aromatic N) is 1. The van der Waals surface area contributed by atoms with Crippen LogP contribution in [-0.2, 0) is 6.54 Å². The van der Waals surface area contributed by atoms with Crippen LogP contribution in [0.3, 0.4) is 0 Å². The van der Waals surface area contributed by atoms with Crippen LogP contribution in [0.5, 0.6) is 0 Å². The number of aromatic nitrogens is 1. The lowest BCUT2D eigenvalue weighted by Crippen LogP contribution is -2.39. The minimum Gasteiger partial charge on any atom is -0.389 e. The van der Waals surface area contributed by atoms with Crippen molar-refractivity contribution >= 4 is 11.3 Å². The third-order valence-corrected chi connectivity index (χ3v) is 4.66. The molecule has 0 saturated heterocycles. The zero-order chi connectivity index (χ0) is 15.3. The highest BCUT2D eigenvalue weighted by Gasteiger charge is 2.21. The number of thiazole rings is 1. The van der Waals surface area contributed by atoms with Gasteiger partial charge < -0.3 is 10.4 Å². The molecule has 114 valence electrons. The standard InChI is InChI=1S/C16H21FN2OS/c1-3-16(20,4-2)11-18-9-14-10-21-15(19-14)12-5-7-13(17)8-6-12/h5-8,10,18,20H,3-4,9,11H2,1-2H3. The first-order valence-electron chi connectivity index (χ1n) is 7.20. The van der Waals surface area contributed by atoms with Gasteiger partial charge in [-0.15, -0.1) is 11.3 Å². The first-order chi connectivity index (χ1) is 10.1. The van der Waals surface area contributed by atoms with E-state index in [0.717, 1.165) is 29.1 Å². The maximum atomic E-state index is 12.9. The van der Waals surface area contributed by atoms with E-state index in [1.807, 2.05) is 19.2 Å². The number of hydrogen-bond donors (Lipinski definition) is 2. The molecule has 0 saturated carbocycles. The number of halogens is 1. The van der Waals surface area contributed by atoms with Crippen molar-refractivity contribution in [1.82, 2.24) is 10.3 Å². The van der Waals surface area contributed by atoms with E-state index < -0.39 is 5.60 Å². The van der Waals surface area contributed by atoms with Crippen molar-refractivity contribution in [2.75, 3.05) is 6.54 Å². The van der Waals surface area contributed by atoms with E-state index in [1.165, 1.54) is 12.1 Å². The van der Waals surface area contributed by atoms with E-state index >= 15 is 0 Å². The normalized spacial score (nSPS) is 11.8. The number of hydrogen-bond acceptors (Lipinski definition) is 4. The molecule has 2 aromatic rings. The Morgan fingerprint density at radius 2 is 1.90 bits per heavy atom. The molecule has 21 heavy (non-hydrogen) atoms. The number of nitrogens with one attached hydrogen (secondary N) is 1. The average Bonchev–Trinajstić information content (AvgIpc) is 2.96. The number of aliphatic hydroxyl groups is 1. The maximum absolute atomic E-state index is 12.9. The maximum Gasteiger partial charge on any atom is 0.123 e. The summed E-state index contributed by atoms with van der Waals surface area (Å²) in [7, 11) is 0. The first-order valence-corrected chi connectivity index (χ1v) is 8.07. The van der Waals surface area contributed by atoms with Crippen LogP contribution in [0, 0.1) is 5.82 Å². The highest BCUT2D eigenvalue weighted by Crippen LogP contribution is 2.24. The molecule has 0 aliphatic carbocycles. The summed E-state index contributed by atoms with van der Waals surface area (Å²) in [6.07, 6.45) is 1.46. The Morgan fingerprint density at radius 3 is 2.52 bits per heavy atom. The number of rotatable bonds is 7. The SMILES string of the molecule is CCC(O)(CC)CNCc1csc(-c2ccc(F)cc2)n1. The molecule has 1 heterocycles. The van der Waals surface area contributed by atoms with Gasteiger partial charge in [0.05, 0.1) is 11.3 Å². The Labute approximate surface area is 128 Å². The summed E-state index contributed by atoms with van der Waals surface area (Å²) < 4.78 is 12.9. The highest BCUT2D eigenvalue weighted by molar-refractivity contribution is 7.13. The van der Waals surface area contributed by atoms with Gasteiger partial charge in [-0.3, -0.25) is 0 Å². The van der Waals surface area contributed by atoms with Crippen LogP contribution in [0.25, 0.3) is 10.6 Å². The van der Waals surface area contributed by atoms with E-state index in [4.69, 9.17) is 0 Å². The predicted octanol–water partition coefficient (Wildman–Crippen LogP) is 3.59. The lowest BCUT2D eigenvalue weighted by atomic mass is 9.98. The molecule has 0 aliphatic heterocycles. The van der Waals surface area contributed by atoms with Crippen LogP contribution in [0.15, 0.2) is 29.6 Å². The van der Waals surface area contributed by atoms with E-state index in [-0.39, 0.29) is 5.82 Å². The smallest absolute Gasteiger partial charge is 0.123 e. The van der Waals surface area contributed by atoms with E-state index in [9.17, 15) is 9.50 Å². The molecule has 0 fully saturated rings. The first kappa shape index (κ1) is 16.1. The molecule has 0 aliphatic rings. The van der Waals surface area contributed by atoms with Crippen LogP contribution in [0.1, 0.15) is 32.4 Å². The molecule has 0 radical (unpaired) electrons. The topological polar surface area (TPSA) is 45.1 Å². The summed E-state index contributed by atoms with van der Waals surface area (Å²) in [5.74, 6) is -0.240. The van der Waals surface area contributed by atoms with Gasteiger partial charge in [-0.05, 0) is 37.1 Å². The molecule has 0 bridgehead atoms. The van der Waals surface area contributed by atoms with Crippen molar-refractivity contribution in [3.63, 3.8) is 0 Å². The molecule has 0 amide bonds. The van der Waals surface area contributed by atoms with Crippen molar-refractivity contribution in [3.05, 3.63) is 41.2 Å². The fourth-order valence-corrected chi connectivity index (χ4v) is 2.86. The van der Waals surface area contributed by atoms with Crippen LogP contribution in [-0.4, -0.2) is 22.2 Å². The van der Waals surface area contributed by atoms with Crippen LogP contribution >= 0.6 is 11.3 Å². The van der Waals surface area contributed by atoms with Gasteiger partial charge >= 0.3 is 0 Å². The van der Waals surface area contributed by atoms with Crippen molar-refractivity contribution in [1.29, 1.82) is 0 Å². The Kier molecular flexibility index (Phi) is 5.45. The quantitative estimate of drug-likeness (QED) is 0.821.